The predicted octanol–water partition coefficient (Wildman–Crippen LogP) is 1.87. The molecule has 1 aromatic rings. The molecule has 124 valence electrons. The first kappa shape index (κ1) is 16.0. The third-order valence-electron chi connectivity index (χ3n) is 5.33. The highest BCUT2D eigenvalue weighted by Crippen LogP contribution is 2.52. The van der Waals surface area contributed by atoms with E-state index in [-0.39, 0.29) is 23.7 Å². The zero-order chi connectivity index (χ0) is 16.7. The number of rotatable bonds is 3. The Labute approximate surface area is 138 Å². The largest absolute Gasteiger partial charge is 0.481 e. The molecular formula is C16H20N2O4S. The topological polar surface area (TPSA) is 95.5 Å². The molecule has 0 aromatic carbocycles. The molecule has 0 spiro atoms. The summed E-state index contributed by atoms with van der Waals surface area (Å²) in [6.07, 6.45) is 2.57. The Kier molecular flexibility index (Phi) is 4.14. The van der Waals surface area contributed by atoms with Gasteiger partial charge in [-0.2, -0.15) is 0 Å². The van der Waals surface area contributed by atoms with Crippen LogP contribution in [0.1, 0.15) is 40.1 Å². The van der Waals surface area contributed by atoms with Crippen molar-refractivity contribution in [2.75, 3.05) is 0 Å². The van der Waals surface area contributed by atoms with Crippen LogP contribution in [-0.2, 0) is 9.59 Å². The molecule has 6 nitrogen and oxygen atoms in total. The predicted molar refractivity (Wildman–Crippen MR) is 84.8 cm³/mol. The van der Waals surface area contributed by atoms with Crippen LogP contribution in [0.2, 0.25) is 0 Å². The van der Waals surface area contributed by atoms with Crippen molar-refractivity contribution < 1.29 is 19.5 Å². The summed E-state index contributed by atoms with van der Waals surface area (Å²) < 4.78 is 0. The molecule has 1 aromatic heterocycles. The van der Waals surface area contributed by atoms with Crippen LogP contribution in [0.4, 0.5) is 0 Å². The van der Waals surface area contributed by atoms with E-state index in [9.17, 15) is 19.5 Å². The number of nitrogens with one attached hydrogen (secondary N) is 2. The molecule has 2 amide bonds. The van der Waals surface area contributed by atoms with E-state index in [2.05, 4.69) is 10.9 Å². The Balaban J connectivity index is 1.64. The Morgan fingerprint density at radius 1 is 1.13 bits per heavy atom. The quantitative estimate of drug-likeness (QED) is 0.734. The summed E-state index contributed by atoms with van der Waals surface area (Å²) in [4.78, 5) is 37.0. The zero-order valence-corrected chi connectivity index (χ0v) is 13.9. The van der Waals surface area contributed by atoms with Gasteiger partial charge < -0.3 is 5.11 Å². The van der Waals surface area contributed by atoms with Gasteiger partial charge in [0, 0.05) is 10.3 Å². The van der Waals surface area contributed by atoms with Gasteiger partial charge in [0.25, 0.3) is 5.91 Å². The van der Waals surface area contributed by atoms with Crippen molar-refractivity contribution in [3.05, 3.63) is 21.4 Å². The third-order valence-corrected chi connectivity index (χ3v) is 6.35. The number of fused-ring (bicyclic) bond motifs is 2. The lowest BCUT2D eigenvalue weighted by molar-refractivity contribution is -0.149. The maximum absolute atomic E-state index is 12.4. The van der Waals surface area contributed by atoms with E-state index in [4.69, 9.17) is 0 Å². The minimum atomic E-state index is -0.909. The average molecular weight is 336 g/mol. The lowest BCUT2D eigenvalue weighted by Crippen LogP contribution is -2.48. The van der Waals surface area contributed by atoms with E-state index >= 15 is 0 Å². The fourth-order valence-corrected chi connectivity index (χ4v) is 4.90. The highest BCUT2D eigenvalue weighted by Gasteiger charge is 2.54. The molecule has 23 heavy (non-hydrogen) atoms. The van der Waals surface area contributed by atoms with Crippen LogP contribution in [0, 0.1) is 37.5 Å². The first-order chi connectivity index (χ1) is 10.9. The summed E-state index contributed by atoms with van der Waals surface area (Å²) in [5.41, 5.74) is 6.29. The Morgan fingerprint density at radius 3 is 2.35 bits per heavy atom. The molecule has 4 atom stereocenters. The van der Waals surface area contributed by atoms with Crippen molar-refractivity contribution in [1.82, 2.24) is 10.9 Å². The molecule has 2 fully saturated rings. The van der Waals surface area contributed by atoms with E-state index in [1.807, 2.05) is 13.8 Å². The highest BCUT2D eigenvalue weighted by molar-refractivity contribution is 7.10. The molecule has 2 aliphatic rings. The number of carbonyl (C=O) groups excluding carboxylic acids is 2. The number of aliphatic carboxylic acids is 1. The fraction of sp³-hybridized carbons (Fsp3) is 0.562. The monoisotopic (exact) mass is 336 g/mol. The smallest absolute Gasteiger partial charge is 0.307 e. The number of aryl methyl sites for hydroxylation is 1. The second kappa shape index (κ2) is 5.96. The van der Waals surface area contributed by atoms with E-state index in [0.717, 1.165) is 29.7 Å². The number of hydrazine groups is 1. The van der Waals surface area contributed by atoms with Gasteiger partial charge in [0.05, 0.1) is 17.4 Å². The van der Waals surface area contributed by atoms with Gasteiger partial charge in [-0.1, -0.05) is 0 Å². The van der Waals surface area contributed by atoms with Gasteiger partial charge in [0.1, 0.15) is 0 Å². The molecule has 2 aliphatic carbocycles. The van der Waals surface area contributed by atoms with Crippen LogP contribution in [0.25, 0.3) is 0 Å². The Hall–Kier alpha value is -1.89. The van der Waals surface area contributed by atoms with Gasteiger partial charge in [0.15, 0.2) is 0 Å². The summed E-state index contributed by atoms with van der Waals surface area (Å²) in [5.74, 6) is -2.63. The molecule has 1 heterocycles. The summed E-state index contributed by atoms with van der Waals surface area (Å²) in [6.45, 7) is 3.79. The number of amides is 2. The number of hydrogen-bond donors (Lipinski definition) is 3. The minimum absolute atomic E-state index is 0.0886. The molecule has 2 bridgehead atoms. The standard InChI is InChI=1S/C16H20N2O4S/c1-7-8(2)23-6-11(7)14(19)17-18-15(20)12-9-3-4-10(5-9)13(12)16(21)22/h6,9-10,12-13H,3-5H2,1-2H3,(H,17,19)(H,18,20)(H,21,22)/t9-,10-,12-,13-/m0/s1. The molecular weight excluding hydrogens is 316 g/mol. The molecule has 0 radical (unpaired) electrons. The Bertz CT molecular complexity index is 669. The third kappa shape index (κ3) is 2.73. The van der Waals surface area contributed by atoms with E-state index in [1.165, 1.54) is 11.3 Å². The van der Waals surface area contributed by atoms with Crippen molar-refractivity contribution in [3.63, 3.8) is 0 Å². The second-order valence-electron chi connectivity index (χ2n) is 6.50. The lowest BCUT2D eigenvalue weighted by Gasteiger charge is -2.26. The SMILES string of the molecule is Cc1scc(C(=O)NNC(=O)[C@H]2[C@H]3CC[C@@H](C3)[C@@H]2C(=O)O)c1C. The summed E-state index contributed by atoms with van der Waals surface area (Å²) in [6, 6.07) is 0. The normalized spacial score (nSPS) is 28.6. The van der Waals surface area contributed by atoms with Gasteiger partial charge in [-0.25, -0.2) is 0 Å². The zero-order valence-electron chi connectivity index (χ0n) is 13.1. The molecule has 0 saturated heterocycles. The number of carboxylic acids is 1. The highest BCUT2D eigenvalue weighted by atomic mass is 32.1. The van der Waals surface area contributed by atoms with Crippen molar-refractivity contribution in [2.45, 2.75) is 33.1 Å². The molecule has 0 unspecified atom stereocenters. The molecule has 3 N–H and O–H groups in total. The number of thiophene rings is 1. The average Bonchev–Trinajstić information content (AvgIpc) is 3.20. The summed E-state index contributed by atoms with van der Waals surface area (Å²) in [5, 5.41) is 11.1. The van der Waals surface area contributed by atoms with Crippen LogP contribution in [0.3, 0.4) is 0 Å². The van der Waals surface area contributed by atoms with Crippen molar-refractivity contribution >= 4 is 29.1 Å². The Morgan fingerprint density at radius 2 is 1.78 bits per heavy atom. The van der Waals surface area contributed by atoms with Crippen molar-refractivity contribution in [1.29, 1.82) is 0 Å². The van der Waals surface area contributed by atoms with Crippen molar-refractivity contribution in [3.8, 4) is 0 Å². The van der Waals surface area contributed by atoms with Gasteiger partial charge in [0.2, 0.25) is 5.91 Å². The number of carboxylic acid groups (broad SMARTS) is 1. The summed E-state index contributed by atoms with van der Waals surface area (Å²) in [7, 11) is 0. The first-order valence-corrected chi connectivity index (χ1v) is 8.65. The maximum atomic E-state index is 12.4. The number of carbonyl (C=O) groups is 3. The van der Waals surface area contributed by atoms with E-state index in [1.54, 1.807) is 5.38 Å². The summed E-state index contributed by atoms with van der Waals surface area (Å²) >= 11 is 1.48. The van der Waals surface area contributed by atoms with Crippen LogP contribution in [0.5, 0.6) is 0 Å². The van der Waals surface area contributed by atoms with Gasteiger partial charge in [-0.3, -0.25) is 25.2 Å². The van der Waals surface area contributed by atoms with Gasteiger partial charge in [-0.05, 0) is 50.5 Å². The molecule has 0 aliphatic heterocycles. The van der Waals surface area contributed by atoms with Gasteiger partial charge >= 0.3 is 5.97 Å². The van der Waals surface area contributed by atoms with Crippen LogP contribution in [0.15, 0.2) is 5.38 Å². The van der Waals surface area contributed by atoms with Crippen LogP contribution < -0.4 is 10.9 Å². The number of hydrogen-bond acceptors (Lipinski definition) is 4. The van der Waals surface area contributed by atoms with Crippen LogP contribution >= 0.6 is 11.3 Å². The maximum Gasteiger partial charge on any atom is 0.307 e. The van der Waals surface area contributed by atoms with E-state index in [0.29, 0.717) is 5.56 Å². The van der Waals surface area contributed by atoms with Crippen LogP contribution in [-0.4, -0.2) is 22.9 Å². The lowest BCUT2D eigenvalue weighted by atomic mass is 9.79. The minimum Gasteiger partial charge on any atom is -0.481 e. The van der Waals surface area contributed by atoms with E-state index < -0.39 is 17.8 Å². The molecule has 3 rings (SSSR count). The first-order valence-electron chi connectivity index (χ1n) is 7.77. The molecule has 7 heteroatoms. The molecule has 2 saturated carbocycles. The van der Waals surface area contributed by atoms with Crippen molar-refractivity contribution in [2.24, 2.45) is 23.7 Å². The van der Waals surface area contributed by atoms with Gasteiger partial charge in [-0.15, -0.1) is 11.3 Å². The second-order valence-corrected chi connectivity index (χ2v) is 7.58. The fourth-order valence-electron chi connectivity index (χ4n) is 4.03.